The van der Waals surface area contributed by atoms with Crippen LogP contribution in [0, 0.1) is 0 Å². The Hall–Kier alpha value is -2.11. The summed E-state index contributed by atoms with van der Waals surface area (Å²) in [5.41, 5.74) is 2.40. The van der Waals surface area contributed by atoms with Crippen molar-refractivity contribution in [3.8, 4) is 0 Å². The van der Waals surface area contributed by atoms with E-state index >= 15 is 0 Å². The standard InChI is InChI=1S/C18H23ClN4O/c1-23(2)9-3-8-21-17-10-15(12-20-13-17)18(24)22-11-14-4-6-16(19)7-5-14/h4-7,10,12-13,21H,3,8-9,11H2,1-2H3,(H,22,24). The summed E-state index contributed by atoms with van der Waals surface area (Å²) in [6, 6.07) is 9.22. The molecule has 1 aromatic carbocycles. The second-order valence-corrected chi connectivity index (χ2v) is 6.29. The number of amides is 1. The second kappa shape index (κ2) is 9.25. The fraction of sp³-hybridized carbons (Fsp3) is 0.333. The van der Waals surface area contributed by atoms with Crippen LogP contribution in [0.4, 0.5) is 5.69 Å². The highest BCUT2D eigenvalue weighted by molar-refractivity contribution is 6.30. The summed E-state index contributed by atoms with van der Waals surface area (Å²) in [5.74, 6) is -0.144. The Balaban J connectivity index is 1.85. The van der Waals surface area contributed by atoms with E-state index in [1.54, 1.807) is 12.4 Å². The predicted molar refractivity (Wildman–Crippen MR) is 98.5 cm³/mol. The highest BCUT2D eigenvalue weighted by Crippen LogP contribution is 2.11. The number of benzene rings is 1. The van der Waals surface area contributed by atoms with Gasteiger partial charge in [-0.2, -0.15) is 0 Å². The van der Waals surface area contributed by atoms with Crippen LogP contribution in [0.5, 0.6) is 0 Å². The van der Waals surface area contributed by atoms with Crippen molar-refractivity contribution in [1.82, 2.24) is 15.2 Å². The molecule has 2 aromatic rings. The number of nitrogens with zero attached hydrogens (tertiary/aromatic N) is 2. The maximum absolute atomic E-state index is 12.2. The molecular weight excluding hydrogens is 324 g/mol. The molecule has 0 aliphatic heterocycles. The minimum absolute atomic E-state index is 0.144. The fourth-order valence-corrected chi connectivity index (χ4v) is 2.30. The Morgan fingerprint density at radius 2 is 1.96 bits per heavy atom. The Morgan fingerprint density at radius 1 is 1.21 bits per heavy atom. The van der Waals surface area contributed by atoms with Gasteiger partial charge in [-0.15, -0.1) is 0 Å². The van der Waals surface area contributed by atoms with Gasteiger partial charge < -0.3 is 15.5 Å². The van der Waals surface area contributed by atoms with Crippen LogP contribution in [-0.4, -0.2) is 43.0 Å². The average Bonchev–Trinajstić information content (AvgIpc) is 2.58. The monoisotopic (exact) mass is 346 g/mol. The molecule has 6 heteroatoms. The zero-order chi connectivity index (χ0) is 17.4. The van der Waals surface area contributed by atoms with Gasteiger partial charge in [0.1, 0.15) is 0 Å². The van der Waals surface area contributed by atoms with E-state index in [4.69, 9.17) is 11.6 Å². The lowest BCUT2D eigenvalue weighted by atomic mass is 10.2. The van der Waals surface area contributed by atoms with Crippen LogP contribution in [0.25, 0.3) is 0 Å². The number of aromatic nitrogens is 1. The molecule has 0 aliphatic carbocycles. The van der Waals surface area contributed by atoms with Crippen LogP contribution >= 0.6 is 11.6 Å². The molecule has 5 nitrogen and oxygen atoms in total. The molecule has 1 aromatic heterocycles. The highest BCUT2D eigenvalue weighted by atomic mass is 35.5. The zero-order valence-corrected chi connectivity index (χ0v) is 14.8. The molecule has 128 valence electrons. The van der Waals surface area contributed by atoms with Gasteiger partial charge in [-0.05, 0) is 50.8 Å². The summed E-state index contributed by atoms with van der Waals surface area (Å²) < 4.78 is 0. The van der Waals surface area contributed by atoms with Crippen LogP contribution < -0.4 is 10.6 Å². The van der Waals surface area contributed by atoms with E-state index < -0.39 is 0 Å². The van der Waals surface area contributed by atoms with Gasteiger partial charge >= 0.3 is 0 Å². The maximum Gasteiger partial charge on any atom is 0.253 e. The summed E-state index contributed by atoms with van der Waals surface area (Å²) in [4.78, 5) is 18.5. The molecule has 1 heterocycles. The molecule has 24 heavy (non-hydrogen) atoms. The number of carbonyl (C=O) groups excluding carboxylic acids is 1. The smallest absolute Gasteiger partial charge is 0.253 e. The molecule has 1 amide bonds. The molecule has 2 rings (SSSR count). The maximum atomic E-state index is 12.2. The van der Waals surface area contributed by atoms with Crippen LogP contribution in [-0.2, 0) is 6.54 Å². The molecule has 0 unspecified atom stereocenters. The number of anilines is 1. The first-order chi connectivity index (χ1) is 11.5. The van der Waals surface area contributed by atoms with Gasteiger partial charge in [0.15, 0.2) is 0 Å². The second-order valence-electron chi connectivity index (χ2n) is 5.86. The molecule has 0 radical (unpaired) electrons. The van der Waals surface area contributed by atoms with Crippen molar-refractivity contribution in [3.63, 3.8) is 0 Å². The third-order valence-corrected chi connectivity index (χ3v) is 3.73. The van der Waals surface area contributed by atoms with Crippen LogP contribution in [0.15, 0.2) is 42.7 Å². The lowest BCUT2D eigenvalue weighted by Gasteiger charge is -2.11. The first kappa shape index (κ1) is 18.2. The van der Waals surface area contributed by atoms with Crippen molar-refractivity contribution in [3.05, 3.63) is 58.9 Å². The van der Waals surface area contributed by atoms with E-state index in [0.717, 1.165) is 30.8 Å². The van der Waals surface area contributed by atoms with E-state index in [0.29, 0.717) is 17.1 Å². The number of carbonyl (C=O) groups is 1. The van der Waals surface area contributed by atoms with Gasteiger partial charge in [-0.25, -0.2) is 0 Å². The van der Waals surface area contributed by atoms with E-state index in [2.05, 4.69) is 20.5 Å². The van der Waals surface area contributed by atoms with E-state index in [1.165, 1.54) is 0 Å². The van der Waals surface area contributed by atoms with Gasteiger partial charge in [0.05, 0.1) is 11.3 Å². The quantitative estimate of drug-likeness (QED) is 0.721. The minimum atomic E-state index is -0.144. The zero-order valence-electron chi connectivity index (χ0n) is 14.1. The minimum Gasteiger partial charge on any atom is -0.384 e. The highest BCUT2D eigenvalue weighted by Gasteiger charge is 2.07. The molecule has 0 saturated carbocycles. The van der Waals surface area contributed by atoms with Crippen molar-refractivity contribution < 1.29 is 4.79 Å². The van der Waals surface area contributed by atoms with E-state index in [9.17, 15) is 4.79 Å². The number of pyridine rings is 1. The number of hydrogen-bond acceptors (Lipinski definition) is 4. The summed E-state index contributed by atoms with van der Waals surface area (Å²) in [6.45, 7) is 2.31. The van der Waals surface area contributed by atoms with Crippen molar-refractivity contribution in [2.45, 2.75) is 13.0 Å². The fourth-order valence-electron chi connectivity index (χ4n) is 2.18. The third kappa shape index (κ3) is 6.18. The van der Waals surface area contributed by atoms with Crippen molar-refractivity contribution in [2.24, 2.45) is 0 Å². The van der Waals surface area contributed by atoms with E-state index in [-0.39, 0.29) is 5.91 Å². The first-order valence-corrected chi connectivity index (χ1v) is 8.28. The Kier molecular flexibility index (Phi) is 7.03. The van der Waals surface area contributed by atoms with Crippen molar-refractivity contribution in [1.29, 1.82) is 0 Å². The summed E-state index contributed by atoms with van der Waals surface area (Å²) in [7, 11) is 4.10. The van der Waals surface area contributed by atoms with Gasteiger partial charge in [-0.1, -0.05) is 23.7 Å². The average molecular weight is 347 g/mol. The molecule has 0 fully saturated rings. The Bertz CT molecular complexity index is 658. The van der Waals surface area contributed by atoms with Gasteiger partial charge in [-0.3, -0.25) is 9.78 Å². The number of rotatable bonds is 8. The van der Waals surface area contributed by atoms with Crippen molar-refractivity contribution >= 4 is 23.2 Å². The normalized spacial score (nSPS) is 10.7. The Labute approximate surface area is 148 Å². The molecule has 0 aliphatic rings. The van der Waals surface area contributed by atoms with Crippen molar-refractivity contribution in [2.75, 3.05) is 32.5 Å². The summed E-state index contributed by atoms with van der Waals surface area (Å²) in [6.07, 6.45) is 4.33. The van der Waals surface area contributed by atoms with Gasteiger partial charge in [0.2, 0.25) is 0 Å². The predicted octanol–water partition coefficient (Wildman–Crippen LogP) is 3.03. The lowest BCUT2D eigenvalue weighted by Crippen LogP contribution is -2.23. The molecular formula is C18H23ClN4O. The number of halogens is 1. The lowest BCUT2D eigenvalue weighted by molar-refractivity contribution is 0.0950. The van der Waals surface area contributed by atoms with Crippen LogP contribution in [0.2, 0.25) is 5.02 Å². The van der Waals surface area contributed by atoms with Gasteiger partial charge in [0, 0.05) is 30.5 Å². The summed E-state index contributed by atoms with van der Waals surface area (Å²) >= 11 is 5.85. The number of hydrogen-bond donors (Lipinski definition) is 2. The van der Waals surface area contributed by atoms with Gasteiger partial charge in [0.25, 0.3) is 5.91 Å². The van der Waals surface area contributed by atoms with Crippen LogP contribution in [0.3, 0.4) is 0 Å². The molecule has 0 saturated heterocycles. The topological polar surface area (TPSA) is 57.3 Å². The Morgan fingerprint density at radius 3 is 2.67 bits per heavy atom. The summed E-state index contributed by atoms with van der Waals surface area (Å²) in [5, 5.41) is 6.86. The SMILES string of the molecule is CN(C)CCCNc1cncc(C(=O)NCc2ccc(Cl)cc2)c1. The molecule has 0 bridgehead atoms. The third-order valence-electron chi connectivity index (χ3n) is 3.48. The van der Waals surface area contributed by atoms with E-state index in [1.807, 2.05) is 44.4 Å². The molecule has 0 spiro atoms. The van der Waals surface area contributed by atoms with Crippen LogP contribution in [0.1, 0.15) is 22.3 Å². The largest absolute Gasteiger partial charge is 0.384 e. The molecule has 2 N–H and O–H groups in total. The molecule has 0 atom stereocenters. The first-order valence-electron chi connectivity index (χ1n) is 7.91. The number of nitrogens with one attached hydrogen (secondary N) is 2.